The summed E-state index contributed by atoms with van der Waals surface area (Å²) < 4.78 is 13.5. The van der Waals surface area contributed by atoms with Crippen molar-refractivity contribution >= 4 is 63.5 Å². The molecule has 0 saturated carbocycles. The van der Waals surface area contributed by atoms with Crippen LogP contribution >= 0.6 is 46.4 Å². The first-order valence-electron chi connectivity index (χ1n) is 6.58. The van der Waals surface area contributed by atoms with E-state index in [2.05, 4.69) is 20.1 Å². The van der Waals surface area contributed by atoms with Crippen molar-refractivity contribution in [2.45, 2.75) is 13.3 Å². The Morgan fingerprint density at radius 1 is 1.04 bits per heavy atom. The minimum absolute atomic E-state index is 0.229. The molecule has 0 N–H and O–H groups in total. The molecule has 124 valence electrons. The van der Waals surface area contributed by atoms with Gasteiger partial charge in [-0.25, -0.2) is 19.0 Å². The molecule has 0 aromatic carbocycles. The SMILES string of the molecule is Clc1cc2c(c(Cl)n1)C=NC2.FCn1ncc2c(Cl)nc(Cl)cc21. The van der Waals surface area contributed by atoms with Gasteiger partial charge in [-0.1, -0.05) is 46.4 Å². The molecule has 0 unspecified atom stereocenters. The lowest BCUT2D eigenvalue weighted by Crippen LogP contribution is -1.94. The fourth-order valence-corrected chi connectivity index (χ4v) is 3.13. The third-order valence-electron chi connectivity index (χ3n) is 3.23. The summed E-state index contributed by atoms with van der Waals surface area (Å²) in [6.07, 6.45) is 3.18. The van der Waals surface area contributed by atoms with Crippen LogP contribution in [-0.4, -0.2) is 26.0 Å². The normalized spacial score (nSPS) is 12.2. The van der Waals surface area contributed by atoms with Gasteiger partial charge in [-0.05, 0) is 11.6 Å². The zero-order valence-corrected chi connectivity index (χ0v) is 14.9. The van der Waals surface area contributed by atoms with Gasteiger partial charge in [0.15, 0.2) is 6.80 Å². The van der Waals surface area contributed by atoms with Crippen LogP contribution in [0.1, 0.15) is 11.1 Å². The highest BCUT2D eigenvalue weighted by molar-refractivity contribution is 6.36. The Labute approximate surface area is 156 Å². The number of fused-ring (bicyclic) bond motifs is 2. The van der Waals surface area contributed by atoms with Crippen LogP contribution in [0.2, 0.25) is 20.6 Å². The zero-order valence-electron chi connectivity index (χ0n) is 11.8. The minimum Gasteiger partial charge on any atom is -0.288 e. The number of halogens is 5. The van der Waals surface area contributed by atoms with E-state index in [9.17, 15) is 4.39 Å². The number of alkyl halides is 1. The maximum absolute atomic E-state index is 12.3. The first kappa shape index (κ1) is 17.4. The van der Waals surface area contributed by atoms with E-state index >= 15 is 0 Å². The molecule has 3 aromatic heterocycles. The van der Waals surface area contributed by atoms with Gasteiger partial charge in [0.25, 0.3) is 0 Å². The lowest BCUT2D eigenvalue weighted by molar-refractivity contribution is 0.358. The number of nitrogens with zero attached hydrogens (tertiary/aromatic N) is 5. The zero-order chi connectivity index (χ0) is 17.3. The molecule has 0 spiro atoms. The third-order valence-corrected chi connectivity index (χ3v) is 4.19. The van der Waals surface area contributed by atoms with E-state index in [1.165, 1.54) is 12.3 Å². The minimum atomic E-state index is -0.708. The van der Waals surface area contributed by atoms with E-state index in [0.717, 1.165) is 15.8 Å². The summed E-state index contributed by atoms with van der Waals surface area (Å²) in [6, 6.07) is 3.31. The highest BCUT2D eigenvalue weighted by atomic mass is 35.5. The Hall–Kier alpha value is -1.47. The van der Waals surface area contributed by atoms with Crippen molar-refractivity contribution in [3.8, 4) is 0 Å². The van der Waals surface area contributed by atoms with Gasteiger partial charge in [-0.2, -0.15) is 5.10 Å². The molecule has 0 amide bonds. The van der Waals surface area contributed by atoms with Crippen LogP contribution in [0.3, 0.4) is 0 Å². The lowest BCUT2D eigenvalue weighted by Gasteiger charge is -1.98. The summed E-state index contributed by atoms with van der Waals surface area (Å²) in [6.45, 7) is -0.0442. The molecule has 0 aliphatic carbocycles. The second-order valence-electron chi connectivity index (χ2n) is 4.71. The summed E-state index contributed by atoms with van der Waals surface area (Å²) in [5.74, 6) is 0. The van der Waals surface area contributed by atoms with Crippen LogP contribution in [0, 0.1) is 0 Å². The summed E-state index contributed by atoms with van der Waals surface area (Å²) in [5.41, 5.74) is 2.50. The van der Waals surface area contributed by atoms with E-state index in [1.807, 2.05) is 0 Å². The Morgan fingerprint density at radius 3 is 2.50 bits per heavy atom. The average Bonchev–Trinajstić information content (AvgIpc) is 3.14. The van der Waals surface area contributed by atoms with Gasteiger partial charge in [-0.15, -0.1) is 0 Å². The fraction of sp³-hybridized carbons (Fsp3) is 0.143. The molecular weight excluding hydrogens is 399 g/mol. The summed E-state index contributed by atoms with van der Waals surface area (Å²) in [7, 11) is 0. The molecule has 1 aliphatic heterocycles. The fourth-order valence-electron chi connectivity index (χ4n) is 2.14. The Balaban J connectivity index is 0.000000143. The third kappa shape index (κ3) is 3.47. The lowest BCUT2D eigenvalue weighted by atomic mass is 10.2. The second kappa shape index (κ2) is 7.19. The topological polar surface area (TPSA) is 56.0 Å². The van der Waals surface area contributed by atoms with Gasteiger partial charge in [0.1, 0.15) is 20.6 Å². The van der Waals surface area contributed by atoms with Gasteiger partial charge in [-0.3, -0.25) is 4.99 Å². The van der Waals surface area contributed by atoms with Crippen LogP contribution in [0.15, 0.2) is 23.3 Å². The standard InChI is InChI=1S/C7H4Cl2FN3.C7H4Cl2N2/c8-6-1-5-4(7(9)12-6)2-11-13(5)3-10;8-6-1-4-2-10-3-5(4)7(9)11-6/h1-2H,3H2;1,3H,2H2. The molecular formula is C14H8Cl4FN5. The Kier molecular flexibility index (Phi) is 5.20. The number of hydrogen-bond acceptors (Lipinski definition) is 4. The van der Waals surface area contributed by atoms with Gasteiger partial charge in [0, 0.05) is 17.8 Å². The van der Waals surface area contributed by atoms with E-state index in [0.29, 0.717) is 27.8 Å². The largest absolute Gasteiger partial charge is 0.288 e. The van der Waals surface area contributed by atoms with Crippen molar-refractivity contribution in [2.75, 3.05) is 0 Å². The molecule has 0 radical (unpaired) electrons. The van der Waals surface area contributed by atoms with Crippen LogP contribution in [0.25, 0.3) is 10.9 Å². The Bertz CT molecular complexity index is 941. The maximum Gasteiger partial charge on any atom is 0.182 e. The molecule has 0 saturated heterocycles. The van der Waals surface area contributed by atoms with E-state index in [-0.39, 0.29) is 10.3 Å². The first-order chi connectivity index (χ1) is 11.5. The molecule has 4 rings (SSSR count). The van der Waals surface area contributed by atoms with Gasteiger partial charge >= 0.3 is 0 Å². The first-order valence-corrected chi connectivity index (χ1v) is 8.09. The summed E-state index contributed by atoms with van der Waals surface area (Å²) in [4.78, 5) is 11.7. The maximum atomic E-state index is 12.3. The van der Waals surface area contributed by atoms with Crippen molar-refractivity contribution < 1.29 is 4.39 Å². The monoisotopic (exact) mass is 405 g/mol. The number of rotatable bonds is 1. The quantitative estimate of drug-likeness (QED) is 0.535. The van der Waals surface area contributed by atoms with Crippen LogP contribution in [0.5, 0.6) is 0 Å². The number of pyridine rings is 2. The summed E-state index contributed by atoms with van der Waals surface area (Å²) >= 11 is 22.9. The molecule has 1 aliphatic rings. The van der Waals surface area contributed by atoms with Crippen molar-refractivity contribution in [3.05, 3.63) is 50.1 Å². The highest BCUT2D eigenvalue weighted by Crippen LogP contribution is 2.25. The van der Waals surface area contributed by atoms with Crippen molar-refractivity contribution in [2.24, 2.45) is 4.99 Å². The molecule has 3 aromatic rings. The predicted octanol–water partition coefficient (Wildman–Crippen LogP) is 4.99. The van der Waals surface area contributed by atoms with E-state index in [1.54, 1.807) is 12.3 Å². The van der Waals surface area contributed by atoms with Gasteiger partial charge in [0.2, 0.25) is 0 Å². The van der Waals surface area contributed by atoms with Crippen LogP contribution < -0.4 is 0 Å². The van der Waals surface area contributed by atoms with Crippen LogP contribution in [0.4, 0.5) is 4.39 Å². The molecule has 10 heteroatoms. The van der Waals surface area contributed by atoms with Crippen molar-refractivity contribution in [3.63, 3.8) is 0 Å². The molecule has 0 bridgehead atoms. The van der Waals surface area contributed by atoms with E-state index < -0.39 is 6.80 Å². The predicted molar refractivity (Wildman–Crippen MR) is 94.2 cm³/mol. The number of aliphatic imine (C=N–C) groups is 1. The second-order valence-corrected chi connectivity index (χ2v) is 6.20. The highest BCUT2D eigenvalue weighted by Gasteiger charge is 2.11. The van der Waals surface area contributed by atoms with Gasteiger partial charge < -0.3 is 0 Å². The van der Waals surface area contributed by atoms with Crippen molar-refractivity contribution in [1.29, 1.82) is 0 Å². The van der Waals surface area contributed by atoms with Crippen molar-refractivity contribution in [1.82, 2.24) is 19.7 Å². The molecule has 0 fully saturated rings. The van der Waals surface area contributed by atoms with E-state index in [4.69, 9.17) is 46.4 Å². The van der Waals surface area contributed by atoms with Crippen LogP contribution in [-0.2, 0) is 13.3 Å². The molecule has 0 atom stereocenters. The van der Waals surface area contributed by atoms with Gasteiger partial charge in [0.05, 0.1) is 23.6 Å². The molecule has 24 heavy (non-hydrogen) atoms. The average molecular weight is 407 g/mol. The molecule has 4 heterocycles. The number of aromatic nitrogens is 4. The molecule has 5 nitrogen and oxygen atoms in total. The smallest absolute Gasteiger partial charge is 0.182 e. The summed E-state index contributed by atoms with van der Waals surface area (Å²) in [5, 5.41) is 5.71. The number of hydrogen-bond donors (Lipinski definition) is 0. The Morgan fingerprint density at radius 2 is 1.75 bits per heavy atom.